The number of rotatable bonds is 8. The number of carbonyl (C=O) groups is 2. The molecular formula is C23H40N4O4. The molecule has 4 aliphatic rings. The zero-order valence-corrected chi connectivity index (χ0v) is 19.1. The Labute approximate surface area is 186 Å². The van der Waals surface area contributed by atoms with E-state index in [-0.39, 0.29) is 24.9 Å². The number of ether oxygens (including phenoxy) is 1. The van der Waals surface area contributed by atoms with Crippen molar-refractivity contribution in [2.75, 3.05) is 52.4 Å². The average molecular weight is 437 g/mol. The number of carboxylic acid groups (broad SMARTS) is 1. The number of piperazine rings is 1. The lowest BCUT2D eigenvalue weighted by Gasteiger charge is -2.37. The molecule has 3 saturated heterocycles. The van der Waals surface area contributed by atoms with Crippen LogP contribution in [0.25, 0.3) is 0 Å². The largest absolute Gasteiger partial charge is 0.480 e. The lowest BCUT2D eigenvalue weighted by Crippen LogP contribution is -2.54. The van der Waals surface area contributed by atoms with Gasteiger partial charge in [0, 0.05) is 38.8 Å². The molecule has 0 aromatic rings. The number of nitrogens with zero attached hydrogens (tertiary/aromatic N) is 4. The Morgan fingerprint density at radius 1 is 1.00 bits per heavy atom. The van der Waals surface area contributed by atoms with Crippen LogP contribution in [0.1, 0.15) is 58.3 Å². The summed E-state index contributed by atoms with van der Waals surface area (Å²) in [6, 6.07) is 0.895. The molecule has 4 rings (SSSR count). The van der Waals surface area contributed by atoms with Crippen LogP contribution in [-0.2, 0) is 9.53 Å². The molecule has 2 atom stereocenters. The molecule has 0 aromatic carbocycles. The van der Waals surface area contributed by atoms with Gasteiger partial charge in [0.05, 0.1) is 12.6 Å². The van der Waals surface area contributed by atoms with Crippen LogP contribution in [0.5, 0.6) is 0 Å². The minimum Gasteiger partial charge on any atom is -0.480 e. The zero-order chi connectivity index (χ0) is 21.8. The van der Waals surface area contributed by atoms with E-state index in [0.29, 0.717) is 13.1 Å². The third-order valence-corrected chi connectivity index (χ3v) is 7.99. The van der Waals surface area contributed by atoms with Crippen molar-refractivity contribution in [3.05, 3.63) is 0 Å². The van der Waals surface area contributed by atoms with Gasteiger partial charge in [0.1, 0.15) is 0 Å². The number of carbonyl (C=O) groups excluding carboxylic acids is 1. The fraction of sp³-hybridized carbons (Fsp3) is 0.913. The predicted molar refractivity (Wildman–Crippen MR) is 118 cm³/mol. The summed E-state index contributed by atoms with van der Waals surface area (Å²) in [5.74, 6) is 0.00851. The Hall–Kier alpha value is -1.38. The molecule has 1 amide bonds. The first-order valence-electron chi connectivity index (χ1n) is 12.4. The van der Waals surface area contributed by atoms with Gasteiger partial charge in [-0.3, -0.25) is 14.6 Å². The molecule has 3 heterocycles. The normalized spacial score (nSPS) is 30.2. The summed E-state index contributed by atoms with van der Waals surface area (Å²) in [6.45, 7) is 8.34. The third-order valence-electron chi connectivity index (χ3n) is 7.99. The van der Waals surface area contributed by atoms with Crippen molar-refractivity contribution >= 4 is 12.1 Å². The van der Waals surface area contributed by atoms with Crippen molar-refractivity contribution in [2.45, 2.75) is 76.6 Å². The number of amides is 1. The van der Waals surface area contributed by atoms with Gasteiger partial charge in [-0.05, 0) is 64.5 Å². The van der Waals surface area contributed by atoms with Crippen LogP contribution in [0.3, 0.4) is 0 Å². The highest BCUT2D eigenvalue weighted by atomic mass is 16.6. The second-order valence-corrected chi connectivity index (χ2v) is 9.97. The highest BCUT2D eigenvalue weighted by molar-refractivity contribution is 5.70. The molecule has 0 spiro atoms. The lowest BCUT2D eigenvalue weighted by molar-refractivity contribution is -0.139. The fourth-order valence-corrected chi connectivity index (χ4v) is 6.06. The van der Waals surface area contributed by atoms with E-state index >= 15 is 0 Å². The highest BCUT2D eigenvalue weighted by Gasteiger charge is 2.42. The second-order valence-electron chi connectivity index (χ2n) is 9.97. The van der Waals surface area contributed by atoms with Gasteiger partial charge in [-0.15, -0.1) is 0 Å². The van der Waals surface area contributed by atoms with Gasteiger partial charge in [-0.1, -0.05) is 12.8 Å². The molecule has 1 aliphatic carbocycles. The smallest absolute Gasteiger partial charge is 0.411 e. The van der Waals surface area contributed by atoms with Crippen molar-refractivity contribution in [1.29, 1.82) is 0 Å². The topological polar surface area (TPSA) is 76.6 Å². The maximum absolute atomic E-state index is 12.5. The van der Waals surface area contributed by atoms with Gasteiger partial charge in [0.2, 0.25) is 0 Å². The molecule has 3 aliphatic heterocycles. The van der Waals surface area contributed by atoms with Gasteiger partial charge >= 0.3 is 12.1 Å². The van der Waals surface area contributed by atoms with E-state index in [4.69, 9.17) is 9.84 Å². The third kappa shape index (κ3) is 5.71. The van der Waals surface area contributed by atoms with Crippen molar-refractivity contribution in [1.82, 2.24) is 19.6 Å². The Kier molecular flexibility index (Phi) is 7.72. The summed E-state index contributed by atoms with van der Waals surface area (Å²) in [7, 11) is 0. The monoisotopic (exact) mass is 436 g/mol. The molecule has 4 fully saturated rings. The van der Waals surface area contributed by atoms with Gasteiger partial charge in [0.15, 0.2) is 6.23 Å². The molecule has 8 heteroatoms. The van der Waals surface area contributed by atoms with Crippen LogP contribution in [0, 0.1) is 5.92 Å². The Balaban J connectivity index is 1.16. The van der Waals surface area contributed by atoms with Crippen molar-refractivity contribution in [3.63, 3.8) is 0 Å². The molecule has 8 nitrogen and oxygen atoms in total. The highest BCUT2D eigenvalue weighted by Crippen LogP contribution is 2.30. The molecule has 2 unspecified atom stereocenters. The maximum Gasteiger partial charge on any atom is 0.411 e. The standard InChI is InChI=1S/C23H40N4O4/c1-18-22(26-15-13-24(14-16-26)17-21(28)29)31-23(30)27(18)10-4-5-19-8-11-25(12-9-19)20-6-2-3-7-20/h18-20,22H,2-17H2,1H3,(H,28,29). The first-order valence-corrected chi connectivity index (χ1v) is 12.4. The summed E-state index contributed by atoms with van der Waals surface area (Å²) < 4.78 is 5.73. The second kappa shape index (κ2) is 10.5. The number of likely N-dealkylation sites (tertiary alicyclic amines) is 1. The van der Waals surface area contributed by atoms with Crippen molar-refractivity contribution < 1.29 is 19.4 Å². The maximum atomic E-state index is 12.5. The van der Waals surface area contributed by atoms with E-state index in [9.17, 15) is 9.59 Å². The van der Waals surface area contributed by atoms with Crippen LogP contribution in [-0.4, -0.2) is 107 Å². The van der Waals surface area contributed by atoms with Crippen LogP contribution in [0.4, 0.5) is 4.79 Å². The molecule has 31 heavy (non-hydrogen) atoms. The van der Waals surface area contributed by atoms with Crippen molar-refractivity contribution in [3.8, 4) is 0 Å². The quantitative estimate of drug-likeness (QED) is 0.626. The van der Waals surface area contributed by atoms with E-state index in [1.165, 1.54) is 58.0 Å². The number of cyclic esters (lactones) is 1. The lowest BCUT2D eigenvalue weighted by atomic mass is 9.91. The molecule has 0 aromatic heterocycles. The Morgan fingerprint density at radius 3 is 2.32 bits per heavy atom. The number of hydrogen-bond acceptors (Lipinski definition) is 6. The first kappa shape index (κ1) is 22.8. The zero-order valence-electron chi connectivity index (χ0n) is 19.1. The molecular weight excluding hydrogens is 396 g/mol. The fourth-order valence-electron chi connectivity index (χ4n) is 6.06. The number of carboxylic acids is 1. The van der Waals surface area contributed by atoms with E-state index in [1.807, 2.05) is 9.80 Å². The van der Waals surface area contributed by atoms with E-state index in [0.717, 1.165) is 38.0 Å². The minimum absolute atomic E-state index is 0.0442. The summed E-state index contributed by atoms with van der Waals surface area (Å²) in [5.41, 5.74) is 0. The summed E-state index contributed by atoms with van der Waals surface area (Å²) in [4.78, 5) is 32.2. The van der Waals surface area contributed by atoms with Gasteiger partial charge in [-0.2, -0.15) is 0 Å². The number of piperidine rings is 1. The minimum atomic E-state index is -0.788. The van der Waals surface area contributed by atoms with Crippen LogP contribution in [0.2, 0.25) is 0 Å². The average Bonchev–Trinajstić information content (AvgIpc) is 3.39. The van der Waals surface area contributed by atoms with Crippen LogP contribution >= 0.6 is 0 Å². The predicted octanol–water partition coefficient (Wildman–Crippen LogP) is 2.29. The Morgan fingerprint density at radius 2 is 1.68 bits per heavy atom. The number of aliphatic carboxylic acids is 1. The summed E-state index contributed by atoms with van der Waals surface area (Å²) >= 11 is 0. The molecule has 1 saturated carbocycles. The van der Waals surface area contributed by atoms with Crippen molar-refractivity contribution in [2.24, 2.45) is 5.92 Å². The molecule has 0 bridgehead atoms. The molecule has 176 valence electrons. The molecule has 1 N–H and O–H groups in total. The van der Waals surface area contributed by atoms with E-state index in [1.54, 1.807) is 0 Å². The van der Waals surface area contributed by atoms with Gasteiger partial charge in [0.25, 0.3) is 0 Å². The van der Waals surface area contributed by atoms with Crippen LogP contribution in [0.15, 0.2) is 0 Å². The Bertz CT molecular complexity index is 611. The SMILES string of the molecule is CC1C(N2CCN(CC(=O)O)CC2)OC(=O)N1CCCC1CCN(C2CCCC2)CC1. The van der Waals surface area contributed by atoms with E-state index < -0.39 is 5.97 Å². The first-order chi connectivity index (χ1) is 15.0. The molecule has 0 radical (unpaired) electrons. The summed E-state index contributed by atoms with van der Waals surface area (Å²) in [6.07, 6.45) is 10.1. The summed E-state index contributed by atoms with van der Waals surface area (Å²) in [5, 5.41) is 8.96. The van der Waals surface area contributed by atoms with Gasteiger partial charge in [-0.25, -0.2) is 4.79 Å². The van der Waals surface area contributed by atoms with Gasteiger partial charge < -0.3 is 19.6 Å². The number of hydrogen-bond donors (Lipinski definition) is 1. The van der Waals surface area contributed by atoms with Crippen LogP contribution < -0.4 is 0 Å². The van der Waals surface area contributed by atoms with E-state index in [2.05, 4.69) is 16.7 Å².